The van der Waals surface area contributed by atoms with Gasteiger partial charge in [0.1, 0.15) is 0 Å². The van der Waals surface area contributed by atoms with Gasteiger partial charge in [-0.3, -0.25) is 4.90 Å². The van der Waals surface area contributed by atoms with Crippen molar-refractivity contribution in [3.63, 3.8) is 0 Å². The summed E-state index contributed by atoms with van der Waals surface area (Å²) in [6, 6.07) is 15.3. The minimum Gasteiger partial charge on any atom is -0.398 e. The maximum absolute atomic E-state index is 6.13. The number of hydrogen-bond donors (Lipinski definition) is 1. The Kier molecular flexibility index (Phi) is 3.81. The SMILES string of the molecule is CC(c1ccc(Br)cc1)N1CCc2cccc(N)c2C1. The molecule has 2 aromatic rings. The highest BCUT2D eigenvalue weighted by Gasteiger charge is 2.22. The number of benzene rings is 2. The molecule has 2 N–H and O–H groups in total. The van der Waals surface area contributed by atoms with Gasteiger partial charge in [-0.25, -0.2) is 0 Å². The number of nitrogens with zero attached hydrogens (tertiary/aromatic N) is 1. The fraction of sp³-hybridized carbons (Fsp3) is 0.294. The van der Waals surface area contributed by atoms with Crippen LogP contribution >= 0.6 is 15.9 Å². The van der Waals surface area contributed by atoms with Crippen molar-refractivity contribution in [1.82, 2.24) is 4.90 Å². The normalized spacial score (nSPS) is 16.7. The molecular formula is C17H19BrN2. The number of halogens is 1. The largest absolute Gasteiger partial charge is 0.398 e. The second-order valence-corrected chi connectivity index (χ2v) is 6.35. The van der Waals surface area contributed by atoms with E-state index in [-0.39, 0.29) is 0 Å². The van der Waals surface area contributed by atoms with E-state index in [1.807, 2.05) is 6.07 Å². The van der Waals surface area contributed by atoms with Crippen LogP contribution in [0.5, 0.6) is 0 Å². The van der Waals surface area contributed by atoms with Crippen molar-refractivity contribution in [2.24, 2.45) is 0 Å². The standard InChI is InChI=1S/C17H19BrN2/c1-12(13-5-7-15(18)8-6-13)20-10-9-14-3-2-4-17(19)16(14)11-20/h2-8,12H,9-11,19H2,1H3. The van der Waals surface area contributed by atoms with Crippen LogP contribution in [0, 0.1) is 0 Å². The summed E-state index contributed by atoms with van der Waals surface area (Å²) in [6.07, 6.45) is 1.08. The summed E-state index contributed by atoms with van der Waals surface area (Å²) in [5.41, 5.74) is 11.1. The van der Waals surface area contributed by atoms with Crippen LogP contribution in [0.2, 0.25) is 0 Å². The fourth-order valence-corrected chi connectivity index (χ4v) is 3.17. The van der Waals surface area contributed by atoms with Crippen LogP contribution in [0.3, 0.4) is 0 Å². The summed E-state index contributed by atoms with van der Waals surface area (Å²) < 4.78 is 1.13. The van der Waals surface area contributed by atoms with Crippen LogP contribution in [-0.2, 0) is 13.0 Å². The third kappa shape index (κ3) is 2.60. The minimum absolute atomic E-state index is 0.413. The van der Waals surface area contributed by atoms with Gasteiger partial charge in [-0.15, -0.1) is 0 Å². The van der Waals surface area contributed by atoms with E-state index in [1.54, 1.807) is 0 Å². The van der Waals surface area contributed by atoms with E-state index in [9.17, 15) is 0 Å². The number of anilines is 1. The molecule has 1 unspecified atom stereocenters. The van der Waals surface area contributed by atoms with Gasteiger partial charge < -0.3 is 5.73 Å². The molecule has 3 rings (SSSR count). The molecule has 3 heteroatoms. The monoisotopic (exact) mass is 330 g/mol. The first kappa shape index (κ1) is 13.7. The van der Waals surface area contributed by atoms with Crippen LogP contribution < -0.4 is 5.73 Å². The van der Waals surface area contributed by atoms with E-state index >= 15 is 0 Å². The van der Waals surface area contributed by atoms with Crippen molar-refractivity contribution >= 4 is 21.6 Å². The summed E-state index contributed by atoms with van der Waals surface area (Å²) in [5.74, 6) is 0. The molecule has 0 radical (unpaired) electrons. The third-order valence-corrected chi connectivity index (χ3v) is 4.77. The predicted octanol–water partition coefficient (Wildman–Crippen LogP) is 4.15. The molecular weight excluding hydrogens is 312 g/mol. The van der Waals surface area contributed by atoms with Crippen LogP contribution in [0.1, 0.15) is 29.7 Å². The number of nitrogen functional groups attached to an aromatic ring is 1. The summed E-state index contributed by atoms with van der Waals surface area (Å²) in [5, 5.41) is 0. The van der Waals surface area contributed by atoms with E-state index in [0.29, 0.717) is 6.04 Å². The quantitative estimate of drug-likeness (QED) is 0.838. The Balaban J connectivity index is 1.83. The lowest BCUT2D eigenvalue weighted by Gasteiger charge is -2.34. The molecule has 104 valence electrons. The van der Waals surface area contributed by atoms with E-state index in [2.05, 4.69) is 64.2 Å². The van der Waals surface area contributed by atoms with E-state index in [0.717, 1.165) is 29.7 Å². The van der Waals surface area contributed by atoms with Gasteiger partial charge in [0.15, 0.2) is 0 Å². The molecule has 0 aliphatic carbocycles. The highest BCUT2D eigenvalue weighted by atomic mass is 79.9. The van der Waals surface area contributed by atoms with Gasteiger partial charge in [-0.2, -0.15) is 0 Å². The van der Waals surface area contributed by atoms with E-state index < -0.39 is 0 Å². The van der Waals surface area contributed by atoms with E-state index in [4.69, 9.17) is 5.73 Å². The molecule has 0 aromatic heterocycles. The smallest absolute Gasteiger partial charge is 0.0362 e. The number of hydrogen-bond acceptors (Lipinski definition) is 2. The average Bonchev–Trinajstić information content (AvgIpc) is 2.47. The first-order valence-electron chi connectivity index (χ1n) is 7.01. The van der Waals surface area contributed by atoms with Gasteiger partial charge in [-0.1, -0.05) is 40.2 Å². The summed E-state index contributed by atoms with van der Waals surface area (Å²) >= 11 is 3.49. The average molecular weight is 331 g/mol. The summed E-state index contributed by atoms with van der Waals surface area (Å²) in [7, 11) is 0. The molecule has 2 nitrogen and oxygen atoms in total. The zero-order valence-corrected chi connectivity index (χ0v) is 13.2. The third-order valence-electron chi connectivity index (χ3n) is 4.24. The molecule has 0 spiro atoms. The fourth-order valence-electron chi connectivity index (χ4n) is 2.91. The van der Waals surface area contributed by atoms with Gasteiger partial charge in [0.05, 0.1) is 0 Å². The van der Waals surface area contributed by atoms with Crippen molar-refractivity contribution in [3.8, 4) is 0 Å². The lowest BCUT2D eigenvalue weighted by Crippen LogP contribution is -2.33. The molecule has 0 fully saturated rings. The van der Waals surface area contributed by atoms with Gasteiger partial charge in [-0.05, 0) is 48.2 Å². The first-order chi connectivity index (χ1) is 9.65. The second kappa shape index (κ2) is 5.58. The van der Waals surface area contributed by atoms with Gasteiger partial charge in [0, 0.05) is 29.3 Å². The molecule has 1 aliphatic rings. The Bertz CT molecular complexity index is 607. The zero-order valence-electron chi connectivity index (χ0n) is 11.6. The molecule has 0 saturated heterocycles. The molecule has 1 aliphatic heterocycles. The zero-order chi connectivity index (χ0) is 14.1. The Morgan fingerprint density at radius 3 is 2.65 bits per heavy atom. The van der Waals surface area contributed by atoms with Crippen molar-refractivity contribution in [2.45, 2.75) is 25.9 Å². The van der Waals surface area contributed by atoms with Crippen LogP contribution in [0.25, 0.3) is 0 Å². The summed E-state index contributed by atoms with van der Waals surface area (Å²) in [6.45, 7) is 4.31. The van der Waals surface area contributed by atoms with Crippen molar-refractivity contribution < 1.29 is 0 Å². The van der Waals surface area contributed by atoms with Crippen LogP contribution in [0.4, 0.5) is 5.69 Å². The molecule has 0 amide bonds. The number of fused-ring (bicyclic) bond motifs is 1. The first-order valence-corrected chi connectivity index (χ1v) is 7.80. The van der Waals surface area contributed by atoms with Gasteiger partial charge in [0.2, 0.25) is 0 Å². The Labute approximate surface area is 128 Å². The minimum atomic E-state index is 0.413. The van der Waals surface area contributed by atoms with Crippen LogP contribution in [-0.4, -0.2) is 11.4 Å². The second-order valence-electron chi connectivity index (χ2n) is 5.43. The van der Waals surface area contributed by atoms with Gasteiger partial charge in [0.25, 0.3) is 0 Å². The Morgan fingerprint density at radius 2 is 1.90 bits per heavy atom. The summed E-state index contributed by atoms with van der Waals surface area (Å²) in [4.78, 5) is 2.50. The molecule has 0 bridgehead atoms. The van der Waals surface area contributed by atoms with Crippen molar-refractivity contribution in [2.75, 3.05) is 12.3 Å². The van der Waals surface area contributed by atoms with Gasteiger partial charge >= 0.3 is 0 Å². The number of rotatable bonds is 2. The number of nitrogens with two attached hydrogens (primary N) is 1. The molecule has 0 saturated carbocycles. The predicted molar refractivity (Wildman–Crippen MR) is 87.5 cm³/mol. The molecule has 1 atom stereocenters. The highest BCUT2D eigenvalue weighted by Crippen LogP contribution is 2.30. The maximum Gasteiger partial charge on any atom is 0.0362 e. The Hall–Kier alpha value is -1.32. The van der Waals surface area contributed by atoms with Crippen molar-refractivity contribution in [1.29, 1.82) is 0 Å². The topological polar surface area (TPSA) is 29.3 Å². The lowest BCUT2D eigenvalue weighted by atomic mass is 9.96. The van der Waals surface area contributed by atoms with Crippen molar-refractivity contribution in [3.05, 3.63) is 63.6 Å². The van der Waals surface area contributed by atoms with Crippen LogP contribution in [0.15, 0.2) is 46.9 Å². The molecule has 1 heterocycles. The Morgan fingerprint density at radius 1 is 1.15 bits per heavy atom. The van der Waals surface area contributed by atoms with E-state index in [1.165, 1.54) is 16.7 Å². The molecule has 2 aromatic carbocycles. The highest BCUT2D eigenvalue weighted by molar-refractivity contribution is 9.10. The molecule has 20 heavy (non-hydrogen) atoms. The maximum atomic E-state index is 6.13. The lowest BCUT2D eigenvalue weighted by molar-refractivity contribution is 0.192.